The van der Waals surface area contributed by atoms with E-state index in [-0.39, 0.29) is 37.2 Å². The number of piperidine rings is 1. The molecule has 3 N–H and O–H groups in total. The van der Waals surface area contributed by atoms with Crippen molar-refractivity contribution in [2.24, 2.45) is 5.92 Å². The molecule has 1 aromatic heterocycles. The number of hydrogen-bond donors (Lipinski definition) is 3. The molecule has 1 saturated carbocycles. The number of anilines is 1. The number of hydrogen-bond acceptors (Lipinski definition) is 7. The van der Waals surface area contributed by atoms with Crippen molar-refractivity contribution in [3.63, 3.8) is 0 Å². The van der Waals surface area contributed by atoms with Crippen LogP contribution in [0.4, 0.5) is 15.4 Å². The zero-order chi connectivity index (χ0) is 23.7. The van der Waals surface area contributed by atoms with Gasteiger partial charge in [0.25, 0.3) is 0 Å². The molecule has 2 aromatic rings. The molecule has 0 bridgehead atoms. The van der Waals surface area contributed by atoms with Gasteiger partial charge in [-0.3, -0.25) is 5.32 Å². The van der Waals surface area contributed by atoms with Crippen LogP contribution in [0.3, 0.4) is 0 Å². The minimum Gasteiger partial charge on any atom is -0.507 e. The first kappa shape index (κ1) is 25.1. The molecule has 188 valence electrons. The van der Waals surface area contributed by atoms with Crippen LogP contribution in [0.15, 0.2) is 24.3 Å². The predicted molar refractivity (Wildman–Crippen MR) is 133 cm³/mol. The second kappa shape index (κ2) is 10.7. The maximum Gasteiger partial charge on any atom is 0.418 e. The highest BCUT2D eigenvalue weighted by Crippen LogP contribution is 2.42. The van der Waals surface area contributed by atoms with E-state index in [9.17, 15) is 14.7 Å². The van der Waals surface area contributed by atoms with Crippen LogP contribution >= 0.6 is 12.4 Å². The topological polar surface area (TPSA) is 113 Å². The van der Waals surface area contributed by atoms with Crippen LogP contribution in [0.5, 0.6) is 11.5 Å². The third kappa shape index (κ3) is 5.31. The zero-order valence-electron chi connectivity index (χ0n) is 19.7. The van der Waals surface area contributed by atoms with Crippen LogP contribution in [-0.2, 0) is 11.3 Å². The standard InChI is InChI=1S/C25H30N4O5.ClH/c1-2-33-25(32)29-13-18-17(16-5-4-10-26-12-16)11-19(27-23(18)28-24(29)31)22-20(30)6-3-7-21(22)34-14-15-8-9-15;/h3,6-7,11,15-16,26,30H,2,4-5,8-10,12-14H2,1H3,(H,27,28,31);1H. The fourth-order valence-electron chi connectivity index (χ4n) is 4.61. The van der Waals surface area contributed by atoms with E-state index in [4.69, 9.17) is 14.5 Å². The SMILES string of the molecule is CCOC(=O)N1Cc2c(C3CCCNC3)cc(-c3c(O)cccc3OCC3CC3)nc2NC1=O.Cl. The molecule has 9 nitrogen and oxygen atoms in total. The van der Waals surface area contributed by atoms with Gasteiger partial charge in [-0.25, -0.2) is 19.5 Å². The monoisotopic (exact) mass is 502 g/mol. The Hall–Kier alpha value is -3.04. The number of pyridine rings is 1. The lowest BCUT2D eigenvalue weighted by molar-refractivity contribution is 0.114. The van der Waals surface area contributed by atoms with Crippen LogP contribution in [0.25, 0.3) is 11.3 Å². The number of phenolic OH excluding ortho intramolecular Hbond substituents is 1. The predicted octanol–water partition coefficient (Wildman–Crippen LogP) is 4.64. The van der Waals surface area contributed by atoms with E-state index in [2.05, 4.69) is 10.6 Å². The molecule has 35 heavy (non-hydrogen) atoms. The van der Waals surface area contributed by atoms with Gasteiger partial charge in [0.05, 0.1) is 31.0 Å². The first-order valence-corrected chi connectivity index (χ1v) is 12.0. The fourth-order valence-corrected chi connectivity index (χ4v) is 4.61. The van der Waals surface area contributed by atoms with Gasteiger partial charge in [-0.2, -0.15) is 0 Å². The molecule has 1 saturated heterocycles. The minimum atomic E-state index is -0.682. The summed E-state index contributed by atoms with van der Waals surface area (Å²) < 4.78 is 11.1. The Morgan fingerprint density at radius 1 is 1.29 bits per heavy atom. The average Bonchev–Trinajstić information content (AvgIpc) is 3.67. The number of carbonyl (C=O) groups excluding carboxylic acids is 2. The van der Waals surface area contributed by atoms with Crippen LogP contribution in [0.1, 0.15) is 49.7 Å². The van der Waals surface area contributed by atoms with Crippen molar-refractivity contribution in [3.05, 3.63) is 35.4 Å². The molecule has 3 heterocycles. The lowest BCUT2D eigenvalue weighted by Crippen LogP contribution is -2.44. The van der Waals surface area contributed by atoms with Gasteiger partial charge in [-0.15, -0.1) is 12.4 Å². The van der Waals surface area contributed by atoms with E-state index in [1.807, 2.05) is 12.1 Å². The minimum absolute atomic E-state index is 0. The molecule has 1 aromatic carbocycles. The maximum atomic E-state index is 12.7. The number of nitrogens with zero attached hydrogens (tertiary/aromatic N) is 2. The summed E-state index contributed by atoms with van der Waals surface area (Å²) in [5.41, 5.74) is 2.84. The number of amides is 3. The number of rotatable bonds is 6. The van der Waals surface area contributed by atoms with Gasteiger partial charge in [-0.1, -0.05) is 6.07 Å². The number of aromatic nitrogens is 1. The van der Waals surface area contributed by atoms with E-state index in [1.54, 1.807) is 19.1 Å². The van der Waals surface area contributed by atoms with Crippen molar-refractivity contribution in [1.82, 2.24) is 15.2 Å². The first-order chi connectivity index (χ1) is 16.5. The Bertz CT molecular complexity index is 1100. The summed E-state index contributed by atoms with van der Waals surface area (Å²) in [7, 11) is 0. The van der Waals surface area contributed by atoms with Gasteiger partial charge in [0, 0.05) is 12.1 Å². The summed E-state index contributed by atoms with van der Waals surface area (Å²) in [5, 5.41) is 17.0. The maximum absolute atomic E-state index is 12.7. The summed E-state index contributed by atoms with van der Waals surface area (Å²) in [6, 6.07) is 6.59. The Morgan fingerprint density at radius 3 is 2.83 bits per heavy atom. The van der Waals surface area contributed by atoms with Crippen molar-refractivity contribution in [2.45, 2.75) is 45.1 Å². The van der Waals surface area contributed by atoms with Gasteiger partial charge in [0.15, 0.2) is 0 Å². The molecule has 5 rings (SSSR count). The van der Waals surface area contributed by atoms with E-state index in [0.29, 0.717) is 35.3 Å². The highest BCUT2D eigenvalue weighted by atomic mass is 35.5. The summed E-state index contributed by atoms with van der Waals surface area (Å²) >= 11 is 0. The second-order valence-electron chi connectivity index (χ2n) is 9.09. The second-order valence-corrected chi connectivity index (χ2v) is 9.09. The van der Waals surface area contributed by atoms with Gasteiger partial charge in [0.1, 0.15) is 17.3 Å². The molecular weight excluding hydrogens is 472 g/mol. The van der Waals surface area contributed by atoms with Gasteiger partial charge in [-0.05, 0) is 74.8 Å². The van der Waals surface area contributed by atoms with Gasteiger partial charge < -0.3 is 19.9 Å². The van der Waals surface area contributed by atoms with Crippen LogP contribution in [0, 0.1) is 5.92 Å². The number of ether oxygens (including phenoxy) is 2. The summed E-state index contributed by atoms with van der Waals surface area (Å²) in [4.78, 5) is 30.9. The Labute approximate surface area is 210 Å². The summed E-state index contributed by atoms with van der Waals surface area (Å²) in [6.45, 7) is 4.33. The number of benzene rings is 1. The van der Waals surface area contributed by atoms with Gasteiger partial charge in [0.2, 0.25) is 0 Å². The molecule has 0 spiro atoms. The van der Waals surface area contributed by atoms with E-state index < -0.39 is 12.1 Å². The number of fused-ring (bicyclic) bond motifs is 1. The van der Waals surface area contributed by atoms with Crippen molar-refractivity contribution < 1.29 is 24.2 Å². The van der Waals surface area contributed by atoms with E-state index in [1.165, 1.54) is 0 Å². The molecular formula is C25H31ClN4O5. The number of nitrogens with one attached hydrogen (secondary N) is 2. The molecule has 10 heteroatoms. The number of phenols is 1. The van der Waals surface area contributed by atoms with Gasteiger partial charge >= 0.3 is 12.1 Å². The fraction of sp³-hybridized carbons (Fsp3) is 0.480. The molecule has 1 aliphatic carbocycles. The molecule has 2 fully saturated rings. The number of halogens is 1. The van der Waals surface area contributed by atoms with Crippen molar-refractivity contribution in [3.8, 4) is 22.8 Å². The highest BCUT2D eigenvalue weighted by molar-refractivity contribution is 6.01. The average molecular weight is 503 g/mol. The Balaban J connectivity index is 0.00000289. The number of imide groups is 1. The number of carbonyl (C=O) groups is 2. The van der Waals surface area contributed by atoms with Crippen LogP contribution in [0.2, 0.25) is 0 Å². The summed E-state index contributed by atoms with van der Waals surface area (Å²) in [6.07, 6.45) is 3.64. The van der Waals surface area contributed by atoms with Crippen molar-refractivity contribution >= 4 is 30.3 Å². The third-order valence-corrected chi connectivity index (χ3v) is 6.60. The normalized spacial score (nSPS) is 19.3. The van der Waals surface area contributed by atoms with E-state index in [0.717, 1.165) is 54.8 Å². The third-order valence-electron chi connectivity index (χ3n) is 6.60. The highest BCUT2D eigenvalue weighted by Gasteiger charge is 2.34. The molecule has 2 aliphatic heterocycles. The quantitative estimate of drug-likeness (QED) is 0.527. The molecule has 0 radical (unpaired) electrons. The first-order valence-electron chi connectivity index (χ1n) is 12.0. The molecule has 1 atom stereocenters. The van der Waals surface area contributed by atoms with Crippen LogP contribution in [-0.4, -0.2) is 53.4 Å². The molecule has 3 aliphatic rings. The number of aromatic hydroxyl groups is 1. The zero-order valence-corrected chi connectivity index (χ0v) is 20.5. The lowest BCUT2D eigenvalue weighted by Gasteiger charge is -2.32. The van der Waals surface area contributed by atoms with Crippen molar-refractivity contribution in [1.29, 1.82) is 0 Å². The largest absolute Gasteiger partial charge is 0.507 e. The summed E-state index contributed by atoms with van der Waals surface area (Å²) in [5.74, 6) is 1.79. The van der Waals surface area contributed by atoms with Crippen molar-refractivity contribution in [2.75, 3.05) is 31.6 Å². The smallest absolute Gasteiger partial charge is 0.418 e. The molecule has 3 amide bonds. The number of urea groups is 1. The Kier molecular flexibility index (Phi) is 7.66. The lowest BCUT2D eigenvalue weighted by atomic mass is 9.87. The van der Waals surface area contributed by atoms with E-state index >= 15 is 0 Å². The molecule has 1 unspecified atom stereocenters. The Morgan fingerprint density at radius 2 is 2.11 bits per heavy atom. The van der Waals surface area contributed by atoms with Crippen LogP contribution < -0.4 is 15.4 Å².